The first-order valence-corrected chi connectivity index (χ1v) is 12.5. The van der Waals surface area contributed by atoms with E-state index in [-0.39, 0.29) is 12.8 Å². The number of hydrogen-bond acceptors (Lipinski definition) is 11. The number of ether oxygens (including phenoxy) is 3. The monoisotopic (exact) mass is 514 g/mol. The topological polar surface area (TPSA) is 188 Å². The fraction of sp³-hybridized carbons (Fsp3) is 0.650. The van der Waals surface area contributed by atoms with Gasteiger partial charge in [-0.2, -0.15) is 5.26 Å². The van der Waals surface area contributed by atoms with Crippen molar-refractivity contribution in [3.63, 3.8) is 0 Å². The number of alkyl carbamates (subject to hydrolysis) is 1. The fourth-order valence-electron chi connectivity index (χ4n) is 3.98. The minimum atomic E-state index is -3.87. The molecule has 0 radical (unpaired) electrons. The molecule has 6 atom stereocenters. The lowest BCUT2D eigenvalue weighted by Gasteiger charge is -2.35. The number of aromatic amines is 1. The van der Waals surface area contributed by atoms with E-state index in [9.17, 15) is 29.0 Å². The third-order valence-electron chi connectivity index (χ3n) is 5.79. The van der Waals surface area contributed by atoms with Crippen molar-refractivity contribution >= 4 is 19.7 Å². The largest absolute Gasteiger partial charge is 0.461 e. The van der Waals surface area contributed by atoms with Crippen LogP contribution in [0.4, 0.5) is 4.79 Å². The Hall–Kier alpha value is -2.98. The molecule has 2 aliphatic heterocycles. The molecule has 192 valence electrons. The van der Waals surface area contributed by atoms with E-state index < -0.39 is 73.3 Å². The van der Waals surface area contributed by atoms with Crippen LogP contribution in [0.25, 0.3) is 0 Å². The lowest BCUT2D eigenvalue weighted by Crippen LogP contribution is -2.46. The van der Waals surface area contributed by atoms with Crippen LogP contribution in [-0.2, 0) is 32.6 Å². The first-order chi connectivity index (χ1) is 16.4. The van der Waals surface area contributed by atoms with Gasteiger partial charge in [-0.3, -0.25) is 18.9 Å². The Balaban J connectivity index is 1.79. The van der Waals surface area contributed by atoms with Crippen LogP contribution in [0.3, 0.4) is 0 Å². The van der Waals surface area contributed by atoms with E-state index in [0.29, 0.717) is 0 Å². The summed E-state index contributed by atoms with van der Waals surface area (Å²) in [6.45, 7) is 4.04. The summed E-state index contributed by atoms with van der Waals surface area (Å²) >= 11 is 0. The molecule has 0 saturated carbocycles. The first-order valence-electron chi connectivity index (χ1n) is 10.7. The first kappa shape index (κ1) is 26.6. The van der Waals surface area contributed by atoms with Crippen molar-refractivity contribution in [2.24, 2.45) is 11.3 Å². The van der Waals surface area contributed by atoms with E-state index in [2.05, 4.69) is 21.1 Å². The van der Waals surface area contributed by atoms with Gasteiger partial charge in [0, 0.05) is 18.2 Å². The number of hydrogen-bond donors (Lipinski definition) is 2. The van der Waals surface area contributed by atoms with Gasteiger partial charge >= 0.3 is 25.3 Å². The molecule has 1 amide bonds. The number of fused-ring (bicyclic) bond motifs is 1. The van der Waals surface area contributed by atoms with Crippen LogP contribution in [0, 0.1) is 22.7 Å². The molecule has 3 rings (SSSR count). The SMILES string of the molecule is COC(=O)N[C@H](COP1(=O)C[C@@H]2[C@@H](CO1)O[C@@H](n1ccc(=O)[nH]c1=O)[C@]2(C)C#N)C(=O)OC(C)C. The molecular formula is C20H27N4O10P. The average molecular weight is 514 g/mol. The summed E-state index contributed by atoms with van der Waals surface area (Å²) in [6.07, 6.45) is -2.20. The average Bonchev–Trinajstić information content (AvgIpc) is 3.08. The molecule has 2 fully saturated rings. The molecule has 14 nitrogen and oxygen atoms in total. The Kier molecular flexibility index (Phi) is 7.86. The fourth-order valence-corrected chi connectivity index (χ4v) is 6.11. The zero-order valence-electron chi connectivity index (χ0n) is 19.6. The second-order valence-corrected chi connectivity index (χ2v) is 10.7. The van der Waals surface area contributed by atoms with Crippen LogP contribution in [0.1, 0.15) is 27.0 Å². The van der Waals surface area contributed by atoms with Gasteiger partial charge in [-0.25, -0.2) is 14.4 Å². The highest BCUT2D eigenvalue weighted by atomic mass is 31.2. The second kappa shape index (κ2) is 10.3. The standard InChI is InChI=1S/C20H27N4O10P/c1-11(2)33-16(26)13(22-19(28)30-4)7-31-35(29)9-12-14(8-32-35)34-17(20(12,3)10-21)24-6-5-15(25)23-18(24)27/h5-6,11-14,17H,7-9H2,1-4H3,(H,22,28)(H,23,25,27)/t12-,13-,14-,17-,20-,35?/m1/s1. The summed E-state index contributed by atoms with van der Waals surface area (Å²) in [5, 5.41) is 12.3. The van der Waals surface area contributed by atoms with Gasteiger partial charge in [-0.05, 0) is 20.8 Å². The Morgan fingerprint density at radius 1 is 1.43 bits per heavy atom. The lowest BCUT2D eigenvalue weighted by atomic mass is 9.77. The molecular weight excluding hydrogens is 487 g/mol. The van der Waals surface area contributed by atoms with Crippen molar-refractivity contribution in [3.05, 3.63) is 33.1 Å². The number of rotatable bonds is 7. The maximum atomic E-state index is 13.4. The highest BCUT2D eigenvalue weighted by Crippen LogP contribution is 2.61. The maximum Gasteiger partial charge on any atom is 0.407 e. The molecule has 15 heteroatoms. The molecule has 1 aromatic heterocycles. The van der Waals surface area contributed by atoms with Crippen molar-refractivity contribution in [1.82, 2.24) is 14.9 Å². The zero-order valence-corrected chi connectivity index (χ0v) is 20.5. The van der Waals surface area contributed by atoms with E-state index in [4.69, 9.17) is 18.5 Å². The maximum absolute atomic E-state index is 13.4. The zero-order chi connectivity index (χ0) is 26.0. The number of carbonyl (C=O) groups excluding carboxylic acids is 2. The van der Waals surface area contributed by atoms with E-state index >= 15 is 0 Å². The van der Waals surface area contributed by atoms with E-state index in [0.717, 1.165) is 17.7 Å². The van der Waals surface area contributed by atoms with Crippen molar-refractivity contribution in [3.8, 4) is 6.07 Å². The van der Waals surface area contributed by atoms with Gasteiger partial charge in [0.2, 0.25) is 0 Å². The number of nitrogens with zero attached hydrogens (tertiary/aromatic N) is 2. The molecule has 2 aliphatic rings. The van der Waals surface area contributed by atoms with E-state index in [1.165, 1.54) is 6.20 Å². The van der Waals surface area contributed by atoms with Crippen LogP contribution < -0.4 is 16.6 Å². The van der Waals surface area contributed by atoms with Crippen LogP contribution in [0.5, 0.6) is 0 Å². The summed E-state index contributed by atoms with van der Waals surface area (Å²) in [5.41, 5.74) is -2.70. The summed E-state index contributed by atoms with van der Waals surface area (Å²) in [6, 6.07) is 1.95. The van der Waals surface area contributed by atoms with Gasteiger partial charge in [-0.1, -0.05) is 0 Å². The third kappa shape index (κ3) is 5.65. The minimum absolute atomic E-state index is 0.209. The predicted octanol–water partition coefficient (Wildman–Crippen LogP) is 0.496. The van der Waals surface area contributed by atoms with E-state index in [1.807, 2.05) is 0 Å². The van der Waals surface area contributed by atoms with Gasteiger partial charge in [0.15, 0.2) is 12.3 Å². The number of esters is 1. The molecule has 3 heterocycles. The highest BCUT2D eigenvalue weighted by Gasteiger charge is 2.60. The number of carbonyl (C=O) groups is 2. The Labute approximate surface area is 200 Å². The van der Waals surface area contributed by atoms with Crippen LogP contribution in [-0.4, -0.2) is 66.3 Å². The summed E-state index contributed by atoms with van der Waals surface area (Å²) in [4.78, 5) is 49.8. The highest BCUT2D eigenvalue weighted by molar-refractivity contribution is 7.53. The van der Waals surface area contributed by atoms with Gasteiger partial charge in [0.25, 0.3) is 5.56 Å². The number of amides is 1. The normalized spacial score (nSPS) is 30.7. The Bertz CT molecular complexity index is 1170. The van der Waals surface area contributed by atoms with Crippen LogP contribution >= 0.6 is 7.60 Å². The van der Waals surface area contributed by atoms with Gasteiger partial charge < -0.3 is 28.6 Å². The molecule has 0 spiro atoms. The molecule has 2 N–H and O–H groups in total. The van der Waals surface area contributed by atoms with Gasteiger partial charge in [0.05, 0.1) is 44.8 Å². The van der Waals surface area contributed by atoms with E-state index in [1.54, 1.807) is 20.8 Å². The molecule has 35 heavy (non-hydrogen) atoms. The molecule has 2 saturated heterocycles. The van der Waals surface area contributed by atoms with Crippen molar-refractivity contribution in [2.75, 3.05) is 26.5 Å². The number of nitrogens with one attached hydrogen (secondary N) is 2. The Morgan fingerprint density at radius 3 is 2.74 bits per heavy atom. The molecule has 1 aromatic rings. The van der Waals surface area contributed by atoms with Crippen LogP contribution in [0.2, 0.25) is 0 Å². The van der Waals surface area contributed by atoms with Crippen LogP contribution in [0.15, 0.2) is 21.9 Å². The second-order valence-electron chi connectivity index (χ2n) is 8.60. The summed E-state index contributed by atoms with van der Waals surface area (Å²) in [7, 11) is -2.76. The summed E-state index contributed by atoms with van der Waals surface area (Å²) < 4.78 is 41.0. The number of nitriles is 1. The summed E-state index contributed by atoms with van der Waals surface area (Å²) in [5.74, 6) is -1.50. The number of methoxy groups -OCH3 is 1. The predicted molar refractivity (Wildman–Crippen MR) is 117 cm³/mol. The third-order valence-corrected chi connectivity index (χ3v) is 7.71. The lowest BCUT2D eigenvalue weighted by molar-refractivity contribution is -0.150. The van der Waals surface area contributed by atoms with Gasteiger partial charge in [-0.15, -0.1) is 0 Å². The molecule has 0 aromatic carbocycles. The number of H-pyrrole nitrogens is 1. The van der Waals surface area contributed by atoms with Crippen molar-refractivity contribution in [1.29, 1.82) is 5.26 Å². The van der Waals surface area contributed by atoms with Gasteiger partial charge in [0.1, 0.15) is 5.41 Å². The molecule has 0 aliphatic carbocycles. The smallest absolute Gasteiger partial charge is 0.407 e. The van der Waals surface area contributed by atoms with Crippen molar-refractivity contribution in [2.45, 2.75) is 45.2 Å². The quantitative estimate of drug-likeness (QED) is 0.381. The molecule has 1 unspecified atom stereocenters. The minimum Gasteiger partial charge on any atom is -0.461 e. The van der Waals surface area contributed by atoms with Crippen molar-refractivity contribution < 1.29 is 37.4 Å². The Morgan fingerprint density at radius 2 is 2.14 bits per heavy atom. The molecule has 0 bridgehead atoms. The number of aromatic nitrogens is 2.